The van der Waals surface area contributed by atoms with Gasteiger partial charge in [0.15, 0.2) is 0 Å². The Bertz CT molecular complexity index is 1200. The van der Waals surface area contributed by atoms with Crippen LogP contribution in [0.25, 0.3) is 10.8 Å². The summed E-state index contributed by atoms with van der Waals surface area (Å²) in [5.41, 5.74) is -0.782. The van der Waals surface area contributed by atoms with E-state index in [-0.39, 0.29) is 31.3 Å². The summed E-state index contributed by atoms with van der Waals surface area (Å²) in [5.74, 6) is -1.98. The number of aliphatic hydroxyl groups is 1. The molecule has 0 aliphatic carbocycles. The van der Waals surface area contributed by atoms with Gasteiger partial charge in [-0.1, -0.05) is 24.3 Å². The molecule has 3 fully saturated rings. The average molecular weight is 415 g/mol. The molecule has 0 aromatic heterocycles. The summed E-state index contributed by atoms with van der Waals surface area (Å²) in [4.78, 5) is 28.7. The zero-order valence-electron chi connectivity index (χ0n) is 16.9. The van der Waals surface area contributed by atoms with Gasteiger partial charge in [0.1, 0.15) is 0 Å². The minimum absolute atomic E-state index is 0.140. The maximum absolute atomic E-state index is 13.7. The van der Waals surface area contributed by atoms with Crippen LogP contribution >= 0.6 is 0 Å². The molecule has 2 aromatic rings. The molecule has 2 aromatic carbocycles. The van der Waals surface area contributed by atoms with Crippen molar-refractivity contribution in [3.63, 3.8) is 0 Å². The number of imide groups is 1. The molecule has 3 saturated heterocycles. The fraction of sp³-hybridized carbons (Fsp3) is 0.417. The number of ether oxygens (including phenoxy) is 1. The number of aliphatic hydroxyl groups excluding tert-OH is 1. The number of hydrogen-bond acceptors (Lipinski definition) is 6. The van der Waals surface area contributed by atoms with E-state index in [1.807, 2.05) is 12.1 Å². The van der Waals surface area contributed by atoms with E-state index in [0.717, 1.165) is 0 Å². The Morgan fingerprint density at radius 2 is 1.65 bits per heavy atom. The largest absolute Gasteiger partial charge is 0.396 e. The van der Waals surface area contributed by atoms with E-state index >= 15 is 0 Å². The lowest BCUT2D eigenvalue weighted by Gasteiger charge is -2.31. The molecule has 2 bridgehead atoms. The van der Waals surface area contributed by atoms with Crippen LogP contribution in [0.15, 0.2) is 36.4 Å². The zero-order valence-corrected chi connectivity index (χ0v) is 16.9. The summed E-state index contributed by atoms with van der Waals surface area (Å²) in [7, 11) is 0. The fourth-order valence-electron chi connectivity index (χ4n) is 6.03. The first-order chi connectivity index (χ1) is 15.0. The van der Waals surface area contributed by atoms with Crippen molar-refractivity contribution in [1.29, 1.82) is 10.5 Å². The number of benzene rings is 2. The maximum atomic E-state index is 13.7. The van der Waals surface area contributed by atoms with E-state index in [1.54, 1.807) is 24.3 Å². The SMILES string of the molecule is N#CCC[C@@]12CCC(CCO)(O1)[C@@H]1C(=O)N(c3ccc(C#N)c4ccccc34)C(=O)[C@@H]12. The lowest BCUT2D eigenvalue weighted by molar-refractivity contribution is -0.132. The molecule has 4 atom stereocenters. The first-order valence-electron chi connectivity index (χ1n) is 10.5. The second-order valence-corrected chi connectivity index (χ2v) is 8.62. The molecule has 5 rings (SSSR count). The predicted octanol–water partition coefficient (Wildman–Crippen LogP) is 2.80. The Labute approximate surface area is 179 Å². The summed E-state index contributed by atoms with van der Waals surface area (Å²) in [6.45, 7) is -0.140. The van der Waals surface area contributed by atoms with Crippen LogP contribution in [0.5, 0.6) is 0 Å². The molecular formula is C24H21N3O4. The fourth-order valence-corrected chi connectivity index (χ4v) is 6.03. The van der Waals surface area contributed by atoms with Gasteiger partial charge in [-0.15, -0.1) is 0 Å². The Morgan fingerprint density at radius 1 is 1.00 bits per heavy atom. The quantitative estimate of drug-likeness (QED) is 0.751. The van der Waals surface area contributed by atoms with Gasteiger partial charge < -0.3 is 9.84 Å². The first kappa shape index (κ1) is 19.7. The van der Waals surface area contributed by atoms with E-state index in [9.17, 15) is 20.0 Å². The van der Waals surface area contributed by atoms with Gasteiger partial charge >= 0.3 is 0 Å². The number of amides is 2. The average Bonchev–Trinajstić information content (AvgIpc) is 3.38. The summed E-state index contributed by atoms with van der Waals surface area (Å²) < 4.78 is 6.38. The highest BCUT2D eigenvalue weighted by molar-refractivity contribution is 6.26. The first-order valence-corrected chi connectivity index (χ1v) is 10.5. The van der Waals surface area contributed by atoms with Crippen LogP contribution in [0.3, 0.4) is 0 Å². The molecule has 1 unspecified atom stereocenters. The van der Waals surface area contributed by atoms with Crippen molar-refractivity contribution >= 4 is 28.3 Å². The summed E-state index contributed by atoms with van der Waals surface area (Å²) in [5, 5.41) is 29.6. The van der Waals surface area contributed by atoms with Gasteiger partial charge in [0.2, 0.25) is 11.8 Å². The van der Waals surface area contributed by atoms with Crippen molar-refractivity contribution in [2.75, 3.05) is 11.5 Å². The van der Waals surface area contributed by atoms with Crippen molar-refractivity contribution in [2.24, 2.45) is 11.8 Å². The number of nitrogens with zero attached hydrogens (tertiary/aromatic N) is 3. The van der Waals surface area contributed by atoms with Crippen LogP contribution in [-0.4, -0.2) is 34.7 Å². The monoisotopic (exact) mass is 415 g/mol. The number of carbonyl (C=O) groups excluding carboxylic acids is 2. The second-order valence-electron chi connectivity index (χ2n) is 8.62. The third kappa shape index (κ3) is 2.51. The number of fused-ring (bicyclic) bond motifs is 6. The van der Waals surface area contributed by atoms with E-state index in [1.165, 1.54) is 4.90 Å². The van der Waals surface area contributed by atoms with Crippen LogP contribution in [-0.2, 0) is 14.3 Å². The molecule has 156 valence electrons. The van der Waals surface area contributed by atoms with Gasteiger partial charge in [-0.2, -0.15) is 10.5 Å². The maximum Gasteiger partial charge on any atom is 0.240 e. The van der Waals surface area contributed by atoms with Gasteiger partial charge in [0.05, 0.1) is 46.4 Å². The highest BCUT2D eigenvalue weighted by Gasteiger charge is 2.74. The number of anilines is 1. The smallest absolute Gasteiger partial charge is 0.240 e. The van der Waals surface area contributed by atoms with Crippen molar-refractivity contribution < 1.29 is 19.4 Å². The molecule has 7 nitrogen and oxygen atoms in total. The Kier molecular flexibility index (Phi) is 4.37. The molecule has 2 amide bonds. The van der Waals surface area contributed by atoms with Crippen molar-refractivity contribution in [3.05, 3.63) is 42.0 Å². The number of hydrogen-bond donors (Lipinski definition) is 1. The third-order valence-corrected chi connectivity index (χ3v) is 7.28. The summed E-state index contributed by atoms with van der Waals surface area (Å²) in [6, 6.07) is 14.8. The lowest BCUT2D eigenvalue weighted by Crippen LogP contribution is -2.43. The molecule has 31 heavy (non-hydrogen) atoms. The molecule has 0 spiro atoms. The molecule has 0 radical (unpaired) electrons. The topological polar surface area (TPSA) is 114 Å². The highest BCUT2D eigenvalue weighted by atomic mass is 16.5. The number of nitriles is 2. The van der Waals surface area contributed by atoms with E-state index in [0.29, 0.717) is 41.3 Å². The van der Waals surface area contributed by atoms with Crippen LogP contribution < -0.4 is 4.90 Å². The number of rotatable bonds is 5. The molecule has 1 N–H and O–H groups in total. The van der Waals surface area contributed by atoms with Gasteiger partial charge in [0.25, 0.3) is 0 Å². The van der Waals surface area contributed by atoms with Crippen LogP contribution in [0, 0.1) is 34.5 Å². The Hall–Kier alpha value is -3.26. The number of carbonyl (C=O) groups is 2. The van der Waals surface area contributed by atoms with E-state index in [4.69, 9.17) is 10.00 Å². The Morgan fingerprint density at radius 3 is 2.26 bits per heavy atom. The lowest BCUT2D eigenvalue weighted by atomic mass is 9.65. The predicted molar refractivity (Wildman–Crippen MR) is 110 cm³/mol. The third-order valence-electron chi connectivity index (χ3n) is 7.28. The van der Waals surface area contributed by atoms with Gasteiger partial charge in [-0.05, 0) is 31.4 Å². The minimum Gasteiger partial charge on any atom is -0.396 e. The highest BCUT2D eigenvalue weighted by Crippen LogP contribution is 2.64. The van der Waals surface area contributed by atoms with Crippen molar-refractivity contribution in [2.45, 2.75) is 43.3 Å². The summed E-state index contributed by atoms with van der Waals surface area (Å²) >= 11 is 0. The van der Waals surface area contributed by atoms with Crippen LogP contribution in [0.2, 0.25) is 0 Å². The minimum atomic E-state index is -0.876. The van der Waals surface area contributed by atoms with Crippen molar-refractivity contribution in [1.82, 2.24) is 0 Å². The Balaban J connectivity index is 1.65. The normalized spacial score (nSPS) is 31.1. The molecule has 3 aliphatic heterocycles. The molecule has 3 heterocycles. The molecule has 7 heteroatoms. The zero-order chi connectivity index (χ0) is 21.8. The standard InChI is InChI=1S/C24H21N3O4/c25-12-3-8-23-9-10-24(31-23,11-13-28)20-19(23)21(29)27(22(20)30)18-7-6-15(14-26)16-4-1-2-5-17(16)18/h1-2,4-7,19-20,28H,3,8-11,13H2/t19-,20+,23+,24?/m1/s1. The van der Waals surface area contributed by atoms with Crippen molar-refractivity contribution in [3.8, 4) is 12.1 Å². The van der Waals surface area contributed by atoms with Gasteiger partial charge in [-0.3, -0.25) is 9.59 Å². The molecule has 0 saturated carbocycles. The van der Waals surface area contributed by atoms with E-state index < -0.39 is 23.0 Å². The van der Waals surface area contributed by atoms with Crippen LogP contribution in [0.4, 0.5) is 5.69 Å². The van der Waals surface area contributed by atoms with Gasteiger partial charge in [0, 0.05) is 30.2 Å². The second kappa shape index (κ2) is 6.88. The summed E-state index contributed by atoms with van der Waals surface area (Å²) in [6.07, 6.45) is 2.08. The van der Waals surface area contributed by atoms with Gasteiger partial charge in [-0.25, -0.2) is 4.90 Å². The van der Waals surface area contributed by atoms with Crippen LogP contribution in [0.1, 0.15) is 37.7 Å². The molecule has 3 aliphatic rings. The molecular weight excluding hydrogens is 394 g/mol. The van der Waals surface area contributed by atoms with E-state index in [2.05, 4.69) is 12.1 Å².